The van der Waals surface area contributed by atoms with Gasteiger partial charge in [0, 0.05) is 5.56 Å². The Morgan fingerprint density at radius 2 is 2.00 bits per heavy atom. The van der Waals surface area contributed by atoms with Crippen LogP contribution in [0.5, 0.6) is 0 Å². The van der Waals surface area contributed by atoms with E-state index in [-0.39, 0.29) is 0 Å². The molecule has 0 atom stereocenters. The molecule has 0 fully saturated rings. The second-order valence-electron chi connectivity index (χ2n) is 2.66. The van der Waals surface area contributed by atoms with E-state index >= 15 is 0 Å². The molecule has 0 radical (unpaired) electrons. The molecule has 1 heterocycles. The predicted molar refractivity (Wildman–Crippen MR) is 60.6 cm³/mol. The minimum Gasteiger partial charge on any atom is -0.297 e. The van der Waals surface area contributed by atoms with Crippen LogP contribution in [0.15, 0.2) is 34.9 Å². The van der Waals surface area contributed by atoms with E-state index in [1.807, 2.05) is 30.3 Å². The molecule has 14 heavy (non-hydrogen) atoms. The molecule has 0 spiro atoms. The minimum absolute atomic E-state index is 0.622. The SMILES string of the molecule is O=Cc1sc(-c2ccccc2)nc1Br. The highest BCUT2D eigenvalue weighted by atomic mass is 79.9. The maximum atomic E-state index is 10.6. The van der Waals surface area contributed by atoms with Crippen LogP contribution >= 0.6 is 27.3 Å². The Kier molecular flexibility index (Phi) is 2.74. The highest BCUT2D eigenvalue weighted by Crippen LogP contribution is 2.29. The lowest BCUT2D eigenvalue weighted by Gasteiger charge is -1.92. The Labute approximate surface area is 93.7 Å². The molecule has 0 aliphatic carbocycles. The molecule has 0 aliphatic rings. The quantitative estimate of drug-likeness (QED) is 0.781. The molecule has 0 N–H and O–H groups in total. The molecule has 1 aromatic carbocycles. The topological polar surface area (TPSA) is 30.0 Å². The Morgan fingerprint density at radius 1 is 1.29 bits per heavy atom. The summed E-state index contributed by atoms with van der Waals surface area (Å²) in [7, 11) is 0. The first-order valence-corrected chi connectivity index (χ1v) is 5.59. The standard InChI is InChI=1S/C10H6BrNOS/c11-9-8(6-13)14-10(12-9)7-4-2-1-3-5-7/h1-6H. The first kappa shape index (κ1) is 9.55. The molecule has 0 bridgehead atoms. The molecular formula is C10H6BrNOS. The van der Waals surface area contributed by atoms with Crippen LogP contribution < -0.4 is 0 Å². The van der Waals surface area contributed by atoms with Gasteiger partial charge in [-0.3, -0.25) is 4.79 Å². The third-order valence-electron chi connectivity index (χ3n) is 1.74. The van der Waals surface area contributed by atoms with Crippen molar-refractivity contribution in [1.29, 1.82) is 0 Å². The summed E-state index contributed by atoms with van der Waals surface area (Å²) in [5.41, 5.74) is 1.03. The van der Waals surface area contributed by atoms with E-state index in [9.17, 15) is 4.79 Å². The van der Waals surface area contributed by atoms with Crippen LogP contribution in [0.25, 0.3) is 10.6 Å². The Balaban J connectivity index is 2.48. The van der Waals surface area contributed by atoms with Crippen molar-refractivity contribution in [1.82, 2.24) is 4.98 Å². The summed E-state index contributed by atoms with van der Waals surface area (Å²) in [6.07, 6.45) is 0.814. The number of hydrogen-bond acceptors (Lipinski definition) is 3. The Morgan fingerprint density at radius 3 is 2.57 bits per heavy atom. The number of nitrogens with zero attached hydrogens (tertiary/aromatic N) is 1. The summed E-state index contributed by atoms with van der Waals surface area (Å²) in [4.78, 5) is 15.5. The van der Waals surface area contributed by atoms with Crippen molar-refractivity contribution in [2.24, 2.45) is 0 Å². The van der Waals surface area contributed by atoms with Gasteiger partial charge in [-0.25, -0.2) is 4.98 Å². The lowest BCUT2D eigenvalue weighted by atomic mass is 10.2. The van der Waals surface area contributed by atoms with Crippen molar-refractivity contribution < 1.29 is 4.79 Å². The zero-order valence-electron chi connectivity index (χ0n) is 7.11. The van der Waals surface area contributed by atoms with Crippen LogP contribution in [0.2, 0.25) is 0 Å². The van der Waals surface area contributed by atoms with Crippen LogP contribution in [-0.2, 0) is 0 Å². The summed E-state index contributed by atoms with van der Waals surface area (Å²) in [6.45, 7) is 0. The van der Waals surface area contributed by atoms with Gasteiger partial charge in [0.05, 0.1) is 0 Å². The smallest absolute Gasteiger partial charge is 0.162 e. The van der Waals surface area contributed by atoms with Crippen molar-refractivity contribution in [3.05, 3.63) is 39.8 Å². The lowest BCUT2D eigenvalue weighted by molar-refractivity contribution is 0.112. The fraction of sp³-hybridized carbons (Fsp3) is 0. The van der Waals surface area contributed by atoms with Gasteiger partial charge in [-0.15, -0.1) is 11.3 Å². The molecule has 0 saturated carbocycles. The normalized spacial score (nSPS) is 10.1. The van der Waals surface area contributed by atoms with E-state index in [0.717, 1.165) is 16.9 Å². The number of aromatic nitrogens is 1. The monoisotopic (exact) mass is 267 g/mol. The predicted octanol–water partition coefficient (Wildman–Crippen LogP) is 3.39. The van der Waals surface area contributed by atoms with Gasteiger partial charge in [-0.1, -0.05) is 30.3 Å². The van der Waals surface area contributed by atoms with Crippen molar-refractivity contribution in [2.75, 3.05) is 0 Å². The number of rotatable bonds is 2. The van der Waals surface area contributed by atoms with Gasteiger partial charge in [0.25, 0.3) is 0 Å². The summed E-state index contributed by atoms with van der Waals surface area (Å²) in [5, 5.41) is 0.861. The summed E-state index contributed by atoms with van der Waals surface area (Å²) < 4.78 is 0.622. The summed E-state index contributed by atoms with van der Waals surface area (Å²) >= 11 is 4.63. The number of hydrogen-bond donors (Lipinski definition) is 0. The second-order valence-corrected chi connectivity index (χ2v) is 4.44. The molecule has 1 aromatic heterocycles. The van der Waals surface area contributed by atoms with Crippen LogP contribution in [0, 0.1) is 0 Å². The second kappa shape index (κ2) is 4.02. The number of thiazole rings is 1. The first-order chi connectivity index (χ1) is 6.81. The number of benzene rings is 1. The maximum absolute atomic E-state index is 10.6. The van der Waals surface area contributed by atoms with E-state index in [4.69, 9.17) is 0 Å². The molecule has 2 nitrogen and oxygen atoms in total. The van der Waals surface area contributed by atoms with Crippen molar-refractivity contribution >= 4 is 33.6 Å². The first-order valence-electron chi connectivity index (χ1n) is 3.98. The van der Waals surface area contributed by atoms with Gasteiger partial charge < -0.3 is 0 Å². The number of carbonyl (C=O) groups is 1. The summed E-state index contributed by atoms with van der Waals surface area (Å²) in [5.74, 6) is 0. The van der Waals surface area contributed by atoms with Crippen molar-refractivity contribution in [3.63, 3.8) is 0 Å². The molecule has 70 valence electrons. The van der Waals surface area contributed by atoms with Crippen LogP contribution in [0.3, 0.4) is 0 Å². The van der Waals surface area contributed by atoms with Crippen LogP contribution in [0.1, 0.15) is 9.67 Å². The fourth-order valence-electron chi connectivity index (χ4n) is 1.09. The highest BCUT2D eigenvalue weighted by molar-refractivity contribution is 9.10. The fourth-order valence-corrected chi connectivity index (χ4v) is 2.50. The van der Waals surface area contributed by atoms with E-state index in [1.54, 1.807) is 0 Å². The maximum Gasteiger partial charge on any atom is 0.162 e. The Hall–Kier alpha value is -1.00. The van der Waals surface area contributed by atoms with Gasteiger partial charge in [-0.2, -0.15) is 0 Å². The lowest BCUT2D eigenvalue weighted by Crippen LogP contribution is -1.73. The molecule has 4 heteroatoms. The third kappa shape index (κ3) is 1.76. The molecule has 0 unspecified atom stereocenters. The molecule has 0 amide bonds. The average Bonchev–Trinajstić information content (AvgIpc) is 2.61. The van der Waals surface area contributed by atoms with Gasteiger partial charge in [-0.05, 0) is 15.9 Å². The molecular weight excluding hydrogens is 262 g/mol. The minimum atomic E-state index is 0.622. The third-order valence-corrected chi connectivity index (χ3v) is 3.63. The molecule has 2 rings (SSSR count). The largest absolute Gasteiger partial charge is 0.297 e. The number of aldehydes is 1. The zero-order chi connectivity index (χ0) is 9.97. The number of halogens is 1. The zero-order valence-corrected chi connectivity index (χ0v) is 9.51. The van der Waals surface area contributed by atoms with Crippen LogP contribution in [0.4, 0.5) is 0 Å². The van der Waals surface area contributed by atoms with Crippen molar-refractivity contribution in [3.8, 4) is 10.6 Å². The number of carbonyl (C=O) groups excluding carboxylic acids is 1. The van der Waals surface area contributed by atoms with Gasteiger partial charge >= 0.3 is 0 Å². The molecule has 0 saturated heterocycles. The van der Waals surface area contributed by atoms with E-state index in [1.165, 1.54) is 11.3 Å². The summed E-state index contributed by atoms with van der Waals surface area (Å²) in [6, 6.07) is 9.79. The van der Waals surface area contributed by atoms with E-state index in [2.05, 4.69) is 20.9 Å². The molecule has 0 aliphatic heterocycles. The van der Waals surface area contributed by atoms with E-state index < -0.39 is 0 Å². The van der Waals surface area contributed by atoms with Gasteiger partial charge in [0.2, 0.25) is 0 Å². The molecule has 2 aromatic rings. The van der Waals surface area contributed by atoms with E-state index in [0.29, 0.717) is 9.48 Å². The van der Waals surface area contributed by atoms with Crippen molar-refractivity contribution in [2.45, 2.75) is 0 Å². The Bertz CT molecular complexity index is 452. The van der Waals surface area contributed by atoms with Gasteiger partial charge in [0.1, 0.15) is 14.5 Å². The average molecular weight is 268 g/mol. The van der Waals surface area contributed by atoms with Crippen LogP contribution in [-0.4, -0.2) is 11.3 Å². The highest BCUT2D eigenvalue weighted by Gasteiger charge is 2.08. The van der Waals surface area contributed by atoms with Gasteiger partial charge in [0.15, 0.2) is 6.29 Å².